The number of carboxylic acids is 1. The summed E-state index contributed by atoms with van der Waals surface area (Å²) in [5, 5.41) is 11.7. The second-order valence-corrected chi connectivity index (χ2v) is 4.65. The topological polar surface area (TPSA) is 102 Å². The van der Waals surface area contributed by atoms with Crippen molar-refractivity contribution < 1.29 is 19.4 Å². The minimum atomic E-state index is -1.14. The lowest BCUT2D eigenvalue weighted by Crippen LogP contribution is -2.59. The molecule has 0 radical (unpaired) electrons. The third-order valence-electron chi connectivity index (χ3n) is 3.47. The lowest BCUT2D eigenvalue weighted by Gasteiger charge is -2.38. The molecule has 102 valence electrons. The lowest BCUT2D eigenvalue weighted by molar-refractivity contribution is -0.148. The number of hydrogen-bond donors (Lipinski definition) is 3. The van der Waals surface area contributed by atoms with E-state index in [0.29, 0.717) is 18.6 Å². The van der Waals surface area contributed by atoms with Gasteiger partial charge in [-0.05, 0) is 31.4 Å². The molecule has 19 heavy (non-hydrogen) atoms. The lowest BCUT2D eigenvalue weighted by atomic mass is 9.76. The van der Waals surface area contributed by atoms with Crippen LogP contribution < -0.4 is 15.8 Å². The zero-order valence-corrected chi connectivity index (χ0v) is 10.6. The van der Waals surface area contributed by atoms with E-state index in [-0.39, 0.29) is 11.3 Å². The number of methoxy groups -OCH3 is 1. The van der Waals surface area contributed by atoms with Crippen molar-refractivity contribution in [2.24, 2.45) is 0 Å². The molecule has 0 bridgehead atoms. The predicted molar refractivity (Wildman–Crippen MR) is 69.1 cm³/mol. The standard InChI is InChI=1S/C13H16N2O4/c1-19-8-3-4-9(10(14)7-8)11(16)15-13(12(17)18)5-2-6-13/h3-4,7H,2,5-6,14H2,1H3,(H,15,16)(H,17,18). The molecule has 0 aromatic heterocycles. The Bertz CT molecular complexity index is 523. The summed E-state index contributed by atoms with van der Waals surface area (Å²) >= 11 is 0. The average molecular weight is 264 g/mol. The normalized spacial score (nSPS) is 16.3. The number of carbonyl (C=O) groups is 2. The van der Waals surface area contributed by atoms with Crippen molar-refractivity contribution in [1.29, 1.82) is 0 Å². The molecule has 1 aromatic carbocycles. The Labute approximate surface area is 110 Å². The number of nitrogens with one attached hydrogen (secondary N) is 1. The van der Waals surface area contributed by atoms with Gasteiger partial charge in [-0.15, -0.1) is 0 Å². The van der Waals surface area contributed by atoms with Gasteiger partial charge < -0.3 is 20.9 Å². The molecule has 0 unspecified atom stereocenters. The number of carboxylic acid groups (broad SMARTS) is 1. The Balaban J connectivity index is 2.18. The van der Waals surface area contributed by atoms with E-state index in [0.717, 1.165) is 6.42 Å². The van der Waals surface area contributed by atoms with E-state index in [9.17, 15) is 9.59 Å². The van der Waals surface area contributed by atoms with Gasteiger partial charge in [0.2, 0.25) is 0 Å². The number of rotatable bonds is 4. The van der Waals surface area contributed by atoms with Crippen LogP contribution in [0.1, 0.15) is 29.6 Å². The highest BCUT2D eigenvalue weighted by Crippen LogP contribution is 2.32. The number of carbonyl (C=O) groups excluding carboxylic acids is 1. The molecule has 6 nitrogen and oxygen atoms in total. The number of ether oxygens (including phenoxy) is 1. The fraction of sp³-hybridized carbons (Fsp3) is 0.385. The van der Waals surface area contributed by atoms with Crippen molar-refractivity contribution in [2.45, 2.75) is 24.8 Å². The molecule has 0 spiro atoms. The molecule has 1 aliphatic rings. The van der Waals surface area contributed by atoms with Gasteiger partial charge in [-0.25, -0.2) is 4.79 Å². The molecule has 1 aromatic rings. The SMILES string of the molecule is COc1ccc(C(=O)NC2(C(=O)O)CCC2)c(N)c1. The molecule has 0 heterocycles. The molecular weight excluding hydrogens is 248 g/mol. The number of aliphatic carboxylic acids is 1. The molecule has 1 fully saturated rings. The molecule has 1 aliphatic carbocycles. The first kappa shape index (κ1) is 13.2. The van der Waals surface area contributed by atoms with Crippen LogP contribution in [0, 0.1) is 0 Å². The minimum absolute atomic E-state index is 0.258. The summed E-state index contributed by atoms with van der Waals surface area (Å²) in [7, 11) is 1.50. The fourth-order valence-corrected chi connectivity index (χ4v) is 2.08. The van der Waals surface area contributed by atoms with Gasteiger partial charge in [0.25, 0.3) is 5.91 Å². The molecule has 2 rings (SSSR count). The fourth-order valence-electron chi connectivity index (χ4n) is 2.08. The van der Waals surface area contributed by atoms with Crippen LogP contribution >= 0.6 is 0 Å². The second kappa shape index (κ2) is 4.79. The number of anilines is 1. The second-order valence-electron chi connectivity index (χ2n) is 4.65. The minimum Gasteiger partial charge on any atom is -0.497 e. The van der Waals surface area contributed by atoms with E-state index in [1.54, 1.807) is 6.07 Å². The van der Waals surface area contributed by atoms with Gasteiger partial charge in [0.1, 0.15) is 11.3 Å². The van der Waals surface area contributed by atoms with E-state index >= 15 is 0 Å². The van der Waals surface area contributed by atoms with Gasteiger partial charge in [0.15, 0.2) is 0 Å². The number of nitrogen functional groups attached to an aromatic ring is 1. The van der Waals surface area contributed by atoms with Crippen LogP contribution in [0.5, 0.6) is 5.75 Å². The first-order chi connectivity index (χ1) is 8.98. The molecule has 1 amide bonds. The van der Waals surface area contributed by atoms with Crippen LogP contribution in [-0.2, 0) is 4.79 Å². The van der Waals surface area contributed by atoms with E-state index in [1.165, 1.54) is 19.2 Å². The van der Waals surface area contributed by atoms with Gasteiger partial charge in [-0.2, -0.15) is 0 Å². The molecule has 0 saturated heterocycles. The van der Waals surface area contributed by atoms with Crippen LogP contribution in [0.15, 0.2) is 18.2 Å². The molecular formula is C13H16N2O4. The Morgan fingerprint density at radius 1 is 1.42 bits per heavy atom. The van der Waals surface area contributed by atoms with E-state index < -0.39 is 17.4 Å². The van der Waals surface area contributed by atoms with Crippen molar-refractivity contribution in [3.8, 4) is 5.75 Å². The predicted octanol–water partition coefficient (Wildman–Crippen LogP) is 1.01. The Morgan fingerprint density at radius 2 is 2.11 bits per heavy atom. The maximum atomic E-state index is 12.1. The summed E-state index contributed by atoms with van der Waals surface area (Å²) in [5.74, 6) is -0.924. The number of amides is 1. The highest BCUT2D eigenvalue weighted by atomic mass is 16.5. The Morgan fingerprint density at radius 3 is 2.53 bits per heavy atom. The zero-order valence-electron chi connectivity index (χ0n) is 10.6. The Hall–Kier alpha value is -2.24. The molecule has 0 aliphatic heterocycles. The third kappa shape index (κ3) is 2.33. The largest absolute Gasteiger partial charge is 0.497 e. The van der Waals surface area contributed by atoms with Crippen LogP contribution in [0.2, 0.25) is 0 Å². The highest BCUT2D eigenvalue weighted by Gasteiger charge is 2.45. The number of benzene rings is 1. The molecule has 1 saturated carbocycles. The van der Waals surface area contributed by atoms with Crippen molar-refractivity contribution >= 4 is 17.6 Å². The van der Waals surface area contributed by atoms with Crippen molar-refractivity contribution in [3.63, 3.8) is 0 Å². The van der Waals surface area contributed by atoms with Gasteiger partial charge in [0, 0.05) is 11.8 Å². The summed E-state index contributed by atoms with van der Waals surface area (Å²) in [4.78, 5) is 23.3. The smallest absolute Gasteiger partial charge is 0.329 e. The summed E-state index contributed by atoms with van der Waals surface area (Å²) in [6, 6.07) is 4.67. The van der Waals surface area contributed by atoms with E-state index in [4.69, 9.17) is 15.6 Å². The average Bonchev–Trinajstić information content (AvgIpc) is 2.32. The number of hydrogen-bond acceptors (Lipinski definition) is 4. The van der Waals surface area contributed by atoms with Crippen LogP contribution in [0.4, 0.5) is 5.69 Å². The van der Waals surface area contributed by atoms with Crippen LogP contribution in [-0.4, -0.2) is 29.6 Å². The number of nitrogens with two attached hydrogens (primary N) is 1. The first-order valence-electron chi connectivity index (χ1n) is 5.98. The summed E-state index contributed by atoms with van der Waals surface area (Å²) in [6.07, 6.45) is 1.69. The monoisotopic (exact) mass is 264 g/mol. The summed E-state index contributed by atoms with van der Waals surface area (Å²) < 4.78 is 5.00. The summed E-state index contributed by atoms with van der Waals surface area (Å²) in [6.45, 7) is 0. The third-order valence-corrected chi connectivity index (χ3v) is 3.47. The van der Waals surface area contributed by atoms with Crippen molar-refractivity contribution in [3.05, 3.63) is 23.8 Å². The van der Waals surface area contributed by atoms with E-state index in [1.807, 2.05) is 0 Å². The zero-order chi connectivity index (χ0) is 14.0. The Kier molecular flexibility index (Phi) is 3.33. The molecule has 0 atom stereocenters. The van der Waals surface area contributed by atoms with Gasteiger partial charge >= 0.3 is 5.97 Å². The van der Waals surface area contributed by atoms with Crippen LogP contribution in [0.25, 0.3) is 0 Å². The summed E-state index contributed by atoms with van der Waals surface area (Å²) in [5.41, 5.74) is 5.15. The van der Waals surface area contributed by atoms with Gasteiger partial charge in [0.05, 0.1) is 12.7 Å². The van der Waals surface area contributed by atoms with Gasteiger partial charge in [-0.3, -0.25) is 4.79 Å². The molecule has 4 N–H and O–H groups in total. The molecule has 6 heteroatoms. The van der Waals surface area contributed by atoms with Gasteiger partial charge in [-0.1, -0.05) is 0 Å². The first-order valence-corrected chi connectivity index (χ1v) is 5.98. The van der Waals surface area contributed by atoms with Crippen molar-refractivity contribution in [1.82, 2.24) is 5.32 Å². The quantitative estimate of drug-likeness (QED) is 0.704. The van der Waals surface area contributed by atoms with Crippen molar-refractivity contribution in [2.75, 3.05) is 12.8 Å². The maximum Gasteiger partial charge on any atom is 0.329 e. The highest BCUT2D eigenvalue weighted by molar-refractivity contribution is 6.02. The van der Waals surface area contributed by atoms with E-state index in [2.05, 4.69) is 5.32 Å². The van der Waals surface area contributed by atoms with Crippen LogP contribution in [0.3, 0.4) is 0 Å². The maximum absolute atomic E-state index is 12.1.